The van der Waals surface area contributed by atoms with E-state index in [9.17, 15) is 0 Å². The predicted octanol–water partition coefficient (Wildman–Crippen LogP) is 3.06. The van der Waals surface area contributed by atoms with Crippen LogP contribution in [0.3, 0.4) is 0 Å². The van der Waals surface area contributed by atoms with Crippen molar-refractivity contribution < 1.29 is 4.74 Å². The van der Waals surface area contributed by atoms with Gasteiger partial charge in [0.2, 0.25) is 0 Å². The fourth-order valence-corrected chi connectivity index (χ4v) is 4.75. The first kappa shape index (κ1) is 15.3. The molecule has 21 heavy (non-hydrogen) atoms. The normalized spacial score (nSPS) is 24.5. The van der Waals surface area contributed by atoms with Crippen molar-refractivity contribution >= 4 is 11.8 Å². The van der Waals surface area contributed by atoms with Gasteiger partial charge < -0.3 is 4.74 Å². The van der Waals surface area contributed by atoms with Crippen molar-refractivity contribution in [2.45, 2.75) is 44.2 Å². The van der Waals surface area contributed by atoms with Crippen molar-refractivity contribution in [1.82, 2.24) is 5.43 Å². The predicted molar refractivity (Wildman–Crippen MR) is 89.2 cm³/mol. The second-order valence-electron chi connectivity index (χ2n) is 6.20. The number of benzene rings is 1. The minimum absolute atomic E-state index is 0.203. The molecule has 1 saturated heterocycles. The van der Waals surface area contributed by atoms with Crippen LogP contribution in [0.2, 0.25) is 0 Å². The van der Waals surface area contributed by atoms with E-state index in [1.54, 1.807) is 0 Å². The third-order valence-corrected chi connectivity index (χ3v) is 5.83. The molecule has 0 saturated carbocycles. The fraction of sp³-hybridized carbons (Fsp3) is 0.647. The number of hydrogen-bond acceptors (Lipinski definition) is 4. The highest BCUT2D eigenvalue weighted by Crippen LogP contribution is 2.33. The smallest absolute Gasteiger partial charge is 0.0843 e. The van der Waals surface area contributed by atoms with Crippen LogP contribution >= 0.6 is 11.8 Å². The Balaban J connectivity index is 1.61. The van der Waals surface area contributed by atoms with Crippen molar-refractivity contribution in [2.24, 2.45) is 11.8 Å². The Labute approximate surface area is 132 Å². The van der Waals surface area contributed by atoms with E-state index in [1.165, 1.54) is 41.9 Å². The molecule has 0 spiro atoms. The Morgan fingerprint density at radius 3 is 2.86 bits per heavy atom. The van der Waals surface area contributed by atoms with E-state index in [0.717, 1.165) is 25.4 Å². The Morgan fingerprint density at radius 1 is 1.24 bits per heavy atom. The summed E-state index contributed by atoms with van der Waals surface area (Å²) in [6, 6.07) is 9.04. The monoisotopic (exact) mass is 306 g/mol. The van der Waals surface area contributed by atoms with Gasteiger partial charge in [-0.3, -0.25) is 11.3 Å². The van der Waals surface area contributed by atoms with Gasteiger partial charge in [0.1, 0.15) is 0 Å². The van der Waals surface area contributed by atoms with Crippen LogP contribution in [0.4, 0.5) is 0 Å². The van der Waals surface area contributed by atoms with Crippen LogP contribution in [-0.2, 0) is 11.2 Å². The molecule has 2 unspecified atom stereocenters. The molecule has 0 radical (unpaired) electrons. The molecular formula is C17H26N2OS. The van der Waals surface area contributed by atoms with Crippen LogP contribution in [-0.4, -0.2) is 24.2 Å². The zero-order chi connectivity index (χ0) is 14.5. The molecule has 1 fully saturated rings. The molecule has 3 N–H and O–H groups in total. The minimum atomic E-state index is 0.203. The summed E-state index contributed by atoms with van der Waals surface area (Å²) in [5.41, 5.74) is 5.85. The van der Waals surface area contributed by atoms with Crippen molar-refractivity contribution in [3.8, 4) is 0 Å². The highest BCUT2D eigenvalue weighted by Gasteiger charge is 2.26. The molecular weight excluding hydrogens is 280 g/mol. The van der Waals surface area contributed by atoms with Crippen molar-refractivity contribution in [2.75, 3.05) is 18.1 Å². The number of ether oxygens (including phenoxy) is 1. The van der Waals surface area contributed by atoms with Gasteiger partial charge in [-0.25, -0.2) is 0 Å². The SMILES string of the molecule is NNC(CC1CCSCC1)CC1OCCc2ccccc21. The Bertz CT molecular complexity index is 448. The molecule has 1 aromatic carbocycles. The largest absolute Gasteiger partial charge is 0.373 e. The summed E-state index contributed by atoms with van der Waals surface area (Å²) in [6.45, 7) is 0.832. The second-order valence-corrected chi connectivity index (χ2v) is 7.42. The van der Waals surface area contributed by atoms with Gasteiger partial charge >= 0.3 is 0 Å². The van der Waals surface area contributed by atoms with Gasteiger partial charge in [0.05, 0.1) is 12.7 Å². The molecule has 4 heteroatoms. The summed E-state index contributed by atoms with van der Waals surface area (Å²) in [6.07, 6.45) is 6.08. The number of thioether (sulfide) groups is 1. The van der Waals surface area contributed by atoms with E-state index in [1.807, 2.05) is 0 Å². The third kappa shape index (κ3) is 4.01. The summed E-state index contributed by atoms with van der Waals surface area (Å²) in [5.74, 6) is 9.26. The van der Waals surface area contributed by atoms with Crippen LogP contribution in [0, 0.1) is 5.92 Å². The first-order valence-electron chi connectivity index (χ1n) is 8.10. The molecule has 2 aliphatic rings. The Hall–Kier alpha value is -0.550. The second kappa shape index (κ2) is 7.63. The zero-order valence-electron chi connectivity index (χ0n) is 12.6. The van der Waals surface area contributed by atoms with Crippen molar-refractivity contribution in [1.29, 1.82) is 0 Å². The maximum absolute atomic E-state index is 6.03. The van der Waals surface area contributed by atoms with Gasteiger partial charge in [-0.1, -0.05) is 24.3 Å². The maximum atomic E-state index is 6.03. The average molecular weight is 306 g/mol. The van der Waals surface area contributed by atoms with Crippen LogP contribution in [0.15, 0.2) is 24.3 Å². The highest BCUT2D eigenvalue weighted by atomic mass is 32.2. The maximum Gasteiger partial charge on any atom is 0.0843 e. The van der Waals surface area contributed by atoms with Gasteiger partial charge in [0.25, 0.3) is 0 Å². The highest BCUT2D eigenvalue weighted by molar-refractivity contribution is 7.99. The molecule has 2 aliphatic heterocycles. The van der Waals surface area contributed by atoms with Gasteiger partial charge in [-0.05, 0) is 60.7 Å². The third-order valence-electron chi connectivity index (χ3n) is 4.79. The number of fused-ring (bicyclic) bond motifs is 1. The molecule has 3 nitrogen and oxygen atoms in total. The minimum Gasteiger partial charge on any atom is -0.373 e. The molecule has 0 aliphatic carbocycles. The van der Waals surface area contributed by atoms with E-state index in [2.05, 4.69) is 41.5 Å². The standard InChI is InChI=1S/C17H26N2OS/c18-19-15(11-13-6-9-21-10-7-13)12-17-16-4-2-1-3-14(16)5-8-20-17/h1-4,13,15,17,19H,5-12,18H2. The topological polar surface area (TPSA) is 47.3 Å². The summed E-state index contributed by atoms with van der Waals surface area (Å²) < 4.78 is 6.03. The number of hydrazine groups is 1. The van der Waals surface area contributed by atoms with E-state index >= 15 is 0 Å². The lowest BCUT2D eigenvalue weighted by Crippen LogP contribution is -2.39. The van der Waals surface area contributed by atoms with Crippen LogP contribution < -0.4 is 11.3 Å². The number of nitrogens with one attached hydrogen (secondary N) is 1. The van der Waals surface area contributed by atoms with Crippen molar-refractivity contribution in [3.63, 3.8) is 0 Å². The summed E-state index contributed by atoms with van der Waals surface area (Å²) >= 11 is 2.08. The lowest BCUT2D eigenvalue weighted by atomic mass is 9.88. The first-order valence-corrected chi connectivity index (χ1v) is 9.25. The summed E-state index contributed by atoms with van der Waals surface area (Å²) in [7, 11) is 0. The molecule has 3 rings (SSSR count). The van der Waals surface area contributed by atoms with Crippen molar-refractivity contribution in [3.05, 3.63) is 35.4 Å². The van der Waals surface area contributed by atoms with Gasteiger partial charge in [0.15, 0.2) is 0 Å². The number of nitrogens with two attached hydrogens (primary N) is 1. The van der Waals surface area contributed by atoms with Gasteiger partial charge in [0, 0.05) is 6.04 Å². The summed E-state index contributed by atoms with van der Waals surface area (Å²) in [4.78, 5) is 0. The Morgan fingerprint density at radius 2 is 2.05 bits per heavy atom. The van der Waals surface area contributed by atoms with E-state index < -0.39 is 0 Å². The van der Waals surface area contributed by atoms with Crippen LogP contribution in [0.1, 0.15) is 42.9 Å². The van der Waals surface area contributed by atoms with Gasteiger partial charge in [-0.15, -0.1) is 0 Å². The first-order chi connectivity index (χ1) is 10.4. The van der Waals surface area contributed by atoms with Crippen LogP contribution in [0.25, 0.3) is 0 Å². The molecule has 116 valence electrons. The molecule has 1 aromatic rings. The summed E-state index contributed by atoms with van der Waals surface area (Å²) in [5, 5.41) is 0. The van der Waals surface area contributed by atoms with E-state index in [4.69, 9.17) is 10.6 Å². The van der Waals surface area contributed by atoms with Gasteiger partial charge in [-0.2, -0.15) is 11.8 Å². The lowest BCUT2D eigenvalue weighted by molar-refractivity contribution is 0.0274. The number of hydrogen-bond donors (Lipinski definition) is 2. The van der Waals surface area contributed by atoms with E-state index in [-0.39, 0.29) is 6.10 Å². The molecule has 0 aromatic heterocycles. The molecule has 2 atom stereocenters. The molecule has 0 bridgehead atoms. The van der Waals surface area contributed by atoms with E-state index in [0.29, 0.717) is 6.04 Å². The van der Waals surface area contributed by atoms with Crippen LogP contribution in [0.5, 0.6) is 0 Å². The quantitative estimate of drug-likeness (QED) is 0.648. The average Bonchev–Trinajstić information content (AvgIpc) is 2.55. The molecule has 0 amide bonds. The molecule has 2 heterocycles. The zero-order valence-corrected chi connectivity index (χ0v) is 13.4. The lowest BCUT2D eigenvalue weighted by Gasteiger charge is -2.31. The Kier molecular flexibility index (Phi) is 5.58. The fourth-order valence-electron chi connectivity index (χ4n) is 3.55. The number of rotatable bonds is 5.